The van der Waals surface area contributed by atoms with E-state index in [1.165, 1.54) is 0 Å². The summed E-state index contributed by atoms with van der Waals surface area (Å²) in [5.41, 5.74) is 0. The highest BCUT2D eigenvalue weighted by Crippen LogP contribution is 2.10. The summed E-state index contributed by atoms with van der Waals surface area (Å²) >= 11 is 0. The molecule has 84 valence electrons. The molecule has 0 fully saturated rings. The molecule has 0 rings (SSSR count). The van der Waals surface area contributed by atoms with Crippen molar-refractivity contribution < 1.29 is 14.6 Å². The number of unbranched alkanes of at least 4 members (excludes halogenated alkanes) is 1. The second-order valence-electron chi connectivity index (χ2n) is 3.85. The molecular formula is C11H22O3. The first-order chi connectivity index (χ1) is 6.57. The molecule has 2 atom stereocenters. The van der Waals surface area contributed by atoms with Gasteiger partial charge in [-0.25, -0.2) is 0 Å². The van der Waals surface area contributed by atoms with Gasteiger partial charge in [0.15, 0.2) is 0 Å². The van der Waals surface area contributed by atoms with E-state index in [4.69, 9.17) is 9.84 Å². The van der Waals surface area contributed by atoms with Crippen molar-refractivity contribution in [3.05, 3.63) is 0 Å². The van der Waals surface area contributed by atoms with E-state index in [0.717, 1.165) is 25.9 Å². The predicted octanol–water partition coefficient (Wildman–Crippen LogP) is 2.69. The van der Waals surface area contributed by atoms with E-state index in [1.54, 1.807) is 6.92 Å². The van der Waals surface area contributed by atoms with Gasteiger partial charge >= 0.3 is 5.97 Å². The highest BCUT2D eigenvalue weighted by molar-refractivity contribution is 5.69. The van der Waals surface area contributed by atoms with Gasteiger partial charge in [-0.3, -0.25) is 4.79 Å². The van der Waals surface area contributed by atoms with Crippen molar-refractivity contribution in [2.45, 2.75) is 52.6 Å². The SMILES string of the molecule is CCCCO[C@@H](C)CC[C@@H](C)C(=O)O. The summed E-state index contributed by atoms with van der Waals surface area (Å²) in [6, 6.07) is 0. The summed E-state index contributed by atoms with van der Waals surface area (Å²) in [6.45, 7) is 6.66. The Hall–Kier alpha value is -0.570. The van der Waals surface area contributed by atoms with Crippen LogP contribution in [0.2, 0.25) is 0 Å². The molecule has 0 heterocycles. The van der Waals surface area contributed by atoms with E-state index in [1.807, 2.05) is 6.92 Å². The van der Waals surface area contributed by atoms with Gasteiger partial charge in [0.25, 0.3) is 0 Å². The summed E-state index contributed by atoms with van der Waals surface area (Å²) in [5.74, 6) is -0.974. The van der Waals surface area contributed by atoms with Gasteiger partial charge < -0.3 is 9.84 Å². The smallest absolute Gasteiger partial charge is 0.306 e. The maximum atomic E-state index is 10.5. The summed E-state index contributed by atoms with van der Waals surface area (Å²) in [7, 11) is 0. The van der Waals surface area contributed by atoms with E-state index in [2.05, 4.69) is 6.92 Å². The molecule has 1 N–H and O–H groups in total. The zero-order valence-electron chi connectivity index (χ0n) is 9.45. The average Bonchev–Trinajstić information content (AvgIpc) is 2.14. The maximum absolute atomic E-state index is 10.5. The van der Waals surface area contributed by atoms with Crippen LogP contribution in [0.15, 0.2) is 0 Å². The van der Waals surface area contributed by atoms with Crippen LogP contribution in [0.25, 0.3) is 0 Å². The maximum Gasteiger partial charge on any atom is 0.306 e. The van der Waals surface area contributed by atoms with Crippen molar-refractivity contribution in [1.82, 2.24) is 0 Å². The highest BCUT2D eigenvalue weighted by Gasteiger charge is 2.12. The van der Waals surface area contributed by atoms with Gasteiger partial charge in [-0.15, -0.1) is 0 Å². The molecule has 0 aromatic carbocycles. The Morgan fingerprint density at radius 1 is 1.36 bits per heavy atom. The molecule has 0 unspecified atom stereocenters. The van der Waals surface area contributed by atoms with Crippen LogP contribution < -0.4 is 0 Å². The molecule has 0 saturated carbocycles. The van der Waals surface area contributed by atoms with E-state index in [-0.39, 0.29) is 12.0 Å². The van der Waals surface area contributed by atoms with Crippen LogP contribution in [-0.2, 0) is 9.53 Å². The Morgan fingerprint density at radius 3 is 2.50 bits per heavy atom. The van der Waals surface area contributed by atoms with Crippen LogP contribution in [0.4, 0.5) is 0 Å². The van der Waals surface area contributed by atoms with Gasteiger partial charge in [-0.05, 0) is 26.2 Å². The monoisotopic (exact) mass is 202 g/mol. The second kappa shape index (κ2) is 7.80. The average molecular weight is 202 g/mol. The Kier molecular flexibility index (Phi) is 7.48. The zero-order valence-corrected chi connectivity index (χ0v) is 9.45. The van der Waals surface area contributed by atoms with Crippen LogP contribution in [0.3, 0.4) is 0 Å². The fourth-order valence-electron chi connectivity index (χ4n) is 1.12. The van der Waals surface area contributed by atoms with Crippen molar-refractivity contribution >= 4 is 5.97 Å². The van der Waals surface area contributed by atoms with Crippen LogP contribution in [0, 0.1) is 5.92 Å². The van der Waals surface area contributed by atoms with E-state index in [0.29, 0.717) is 6.42 Å². The van der Waals surface area contributed by atoms with Crippen molar-refractivity contribution in [3.8, 4) is 0 Å². The molecule has 0 aromatic heterocycles. The minimum atomic E-state index is -0.717. The predicted molar refractivity (Wildman–Crippen MR) is 56.4 cm³/mol. The van der Waals surface area contributed by atoms with Gasteiger partial charge in [0.05, 0.1) is 12.0 Å². The molecule has 0 spiro atoms. The Balaban J connectivity index is 3.43. The zero-order chi connectivity index (χ0) is 11.0. The van der Waals surface area contributed by atoms with Gasteiger partial charge in [-0.2, -0.15) is 0 Å². The number of hydrogen-bond acceptors (Lipinski definition) is 2. The lowest BCUT2D eigenvalue weighted by Gasteiger charge is -2.13. The lowest BCUT2D eigenvalue weighted by atomic mass is 10.0. The minimum absolute atomic E-state index is 0.184. The lowest BCUT2D eigenvalue weighted by Crippen LogP contribution is -2.15. The number of carboxylic acids is 1. The van der Waals surface area contributed by atoms with Gasteiger partial charge in [-0.1, -0.05) is 20.3 Å². The first-order valence-electron chi connectivity index (χ1n) is 5.42. The van der Waals surface area contributed by atoms with Crippen molar-refractivity contribution in [2.75, 3.05) is 6.61 Å². The highest BCUT2D eigenvalue weighted by atomic mass is 16.5. The van der Waals surface area contributed by atoms with Gasteiger partial charge in [0, 0.05) is 6.61 Å². The molecule has 0 aliphatic heterocycles. The molecule has 0 amide bonds. The van der Waals surface area contributed by atoms with E-state index in [9.17, 15) is 4.79 Å². The molecular weight excluding hydrogens is 180 g/mol. The molecule has 3 heteroatoms. The minimum Gasteiger partial charge on any atom is -0.481 e. The summed E-state index contributed by atoms with van der Waals surface area (Å²) in [6.07, 6.45) is 3.93. The fourth-order valence-corrected chi connectivity index (χ4v) is 1.12. The van der Waals surface area contributed by atoms with Gasteiger partial charge in [0.1, 0.15) is 0 Å². The molecule has 0 aliphatic rings. The molecule has 0 saturated heterocycles. The van der Waals surface area contributed by atoms with Crippen LogP contribution in [-0.4, -0.2) is 23.8 Å². The summed E-state index contributed by atoms with van der Waals surface area (Å²) < 4.78 is 5.52. The fraction of sp³-hybridized carbons (Fsp3) is 0.909. The topological polar surface area (TPSA) is 46.5 Å². The Labute approximate surface area is 86.5 Å². The van der Waals surface area contributed by atoms with Crippen LogP contribution in [0.1, 0.15) is 46.5 Å². The summed E-state index contributed by atoms with van der Waals surface area (Å²) in [5, 5.41) is 8.67. The molecule has 0 bridgehead atoms. The largest absolute Gasteiger partial charge is 0.481 e. The number of rotatable bonds is 8. The Morgan fingerprint density at radius 2 is 2.00 bits per heavy atom. The number of ether oxygens (including phenoxy) is 1. The van der Waals surface area contributed by atoms with Crippen molar-refractivity contribution in [1.29, 1.82) is 0 Å². The number of aliphatic carboxylic acids is 1. The first kappa shape index (κ1) is 13.4. The van der Waals surface area contributed by atoms with E-state index >= 15 is 0 Å². The lowest BCUT2D eigenvalue weighted by molar-refractivity contribution is -0.141. The van der Waals surface area contributed by atoms with Crippen LogP contribution >= 0.6 is 0 Å². The third-order valence-electron chi connectivity index (χ3n) is 2.33. The standard InChI is InChI=1S/C11H22O3/c1-4-5-8-14-10(3)7-6-9(2)11(12)13/h9-10H,4-8H2,1-3H3,(H,12,13)/t9-,10+/m1/s1. The van der Waals surface area contributed by atoms with Gasteiger partial charge in [0.2, 0.25) is 0 Å². The van der Waals surface area contributed by atoms with Crippen LogP contribution in [0.5, 0.6) is 0 Å². The molecule has 0 radical (unpaired) electrons. The van der Waals surface area contributed by atoms with Crippen molar-refractivity contribution in [2.24, 2.45) is 5.92 Å². The molecule has 14 heavy (non-hydrogen) atoms. The Bertz CT molecular complexity index is 157. The van der Waals surface area contributed by atoms with E-state index < -0.39 is 5.97 Å². The molecule has 3 nitrogen and oxygen atoms in total. The summed E-state index contributed by atoms with van der Waals surface area (Å²) in [4.78, 5) is 10.5. The molecule has 0 aromatic rings. The quantitative estimate of drug-likeness (QED) is 0.615. The third-order valence-corrected chi connectivity index (χ3v) is 2.33. The van der Waals surface area contributed by atoms with Crippen molar-refractivity contribution in [3.63, 3.8) is 0 Å². The first-order valence-corrected chi connectivity index (χ1v) is 5.42. The number of carboxylic acid groups (broad SMARTS) is 1. The third kappa shape index (κ3) is 6.89. The molecule has 0 aliphatic carbocycles. The normalized spacial score (nSPS) is 15.1. The second-order valence-corrected chi connectivity index (χ2v) is 3.85. The number of hydrogen-bond donors (Lipinski definition) is 1. The number of carbonyl (C=O) groups is 1.